The third-order valence-corrected chi connectivity index (χ3v) is 4.51. The number of nitrogens with zero attached hydrogens (tertiary/aromatic N) is 1. The molecule has 1 aromatic heterocycles. The Hall–Kier alpha value is -1.43. The quantitative estimate of drug-likeness (QED) is 0.910. The lowest BCUT2D eigenvalue weighted by atomic mass is 9.77. The molecular formula is C15H18ClN3OS. The Morgan fingerprint density at radius 1 is 1.43 bits per heavy atom. The van der Waals surface area contributed by atoms with Gasteiger partial charge in [0.25, 0.3) is 0 Å². The predicted octanol–water partition coefficient (Wildman–Crippen LogP) is 3.36. The first-order valence-electron chi connectivity index (χ1n) is 6.70. The summed E-state index contributed by atoms with van der Waals surface area (Å²) in [6.45, 7) is 1.98. The zero-order valence-electron chi connectivity index (χ0n) is 11.8. The molecule has 0 aliphatic heterocycles. The van der Waals surface area contributed by atoms with E-state index in [2.05, 4.69) is 10.3 Å². The molecule has 4 nitrogen and oxygen atoms in total. The van der Waals surface area contributed by atoms with Crippen molar-refractivity contribution in [2.75, 3.05) is 5.32 Å². The number of rotatable bonds is 3. The summed E-state index contributed by atoms with van der Waals surface area (Å²) >= 11 is 1.62. The minimum Gasteiger partial charge on any atom is -0.324 e. The van der Waals surface area contributed by atoms with Crippen molar-refractivity contribution in [3.63, 3.8) is 0 Å². The van der Waals surface area contributed by atoms with Gasteiger partial charge >= 0.3 is 0 Å². The second-order valence-corrected chi connectivity index (χ2v) is 6.36. The summed E-state index contributed by atoms with van der Waals surface area (Å²) < 4.78 is 0. The second-order valence-electron chi connectivity index (χ2n) is 5.30. The van der Waals surface area contributed by atoms with Gasteiger partial charge in [-0.05, 0) is 38.3 Å². The molecule has 21 heavy (non-hydrogen) atoms. The molecule has 112 valence electrons. The number of amides is 1. The molecule has 1 aliphatic carbocycles. The molecule has 2 aromatic rings. The molecule has 0 spiro atoms. The number of hydrogen-bond acceptors (Lipinski definition) is 4. The van der Waals surface area contributed by atoms with E-state index in [-0.39, 0.29) is 18.3 Å². The van der Waals surface area contributed by atoms with E-state index >= 15 is 0 Å². The molecule has 3 N–H and O–H groups in total. The Balaban J connectivity index is 0.00000161. The molecule has 1 heterocycles. The van der Waals surface area contributed by atoms with E-state index < -0.39 is 5.54 Å². The molecule has 6 heteroatoms. The number of aromatic nitrogens is 1. The van der Waals surface area contributed by atoms with Crippen LogP contribution in [0.3, 0.4) is 0 Å². The zero-order valence-corrected chi connectivity index (χ0v) is 13.4. The van der Waals surface area contributed by atoms with Gasteiger partial charge in [-0.3, -0.25) is 4.79 Å². The Kier molecular flexibility index (Phi) is 4.66. The monoisotopic (exact) mass is 323 g/mol. The maximum atomic E-state index is 12.1. The van der Waals surface area contributed by atoms with Crippen LogP contribution in [0.15, 0.2) is 29.6 Å². The number of carbonyl (C=O) groups excluding carboxylic acids is 1. The van der Waals surface area contributed by atoms with E-state index in [0.29, 0.717) is 0 Å². The number of thiazole rings is 1. The molecule has 0 unspecified atom stereocenters. The third-order valence-electron chi connectivity index (χ3n) is 3.73. The summed E-state index contributed by atoms with van der Waals surface area (Å²) in [6.07, 6.45) is 2.57. The van der Waals surface area contributed by atoms with Crippen molar-refractivity contribution >= 4 is 35.3 Å². The molecule has 0 radical (unpaired) electrons. The SMILES string of the molecule is Cc1nc(-c2cccc(NC(=O)C3(N)CCC3)c2)cs1.Cl. The van der Waals surface area contributed by atoms with Crippen molar-refractivity contribution in [3.8, 4) is 11.3 Å². The molecule has 1 fully saturated rings. The molecular weight excluding hydrogens is 306 g/mol. The van der Waals surface area contributed by atoms with Crippen molar-refractivity contribution in [1.29, 1.82) is 0 Å². The van der Waals surface area contributed by atoms with Gasteiger partial charge in [-0.15, -0.1) is 23.7 Å². The molecule has 0 atom stereocenters. The fraction of sp³-hybridized carbons (Fsp3) is 0.333. The highest BCUT2D eigenvalue weighted by Gasteiger charge is 2.40. The van der Waals surface area contributed by atoms with Crippen LogP contribution < -0.4 is 11.1 Å². The number of carbonyl (C=O) groups is 1. The number of nitrogens with one attached hydrogen (secondary N) is 1. The van der Waals surface area contributed by atoms with Gasteiger partial charge in [-0.1, -0.05) is 12.1 Å². The average Bonchev–Trinajstić information content (AvgIpc) is 2.83. The van der Waals surface area contributed by atoms with E-state index in [1.807, 2.05) is 36.6 Å². The first-order valence-corrected chi connectivity index (χ1v) is 7.58. The summed E-state index contributed by atoms with van der Waals surface area (Å²) in [7, 11) is 0. The summed E-state index contributed by atoms with van der Waals surface area (Å²) in [6, 6.07) is 7.73. The summed E-state index contributed by atoms with van der Waals surface area (Å²) in [5.41, 5.74) is 8.07. The molecule has 3 rings (SSSR count). The van der Waals surface area contributed by atoms with Crippen molar-refractivity contribution < 1.29 is 4.79 Å². The average molecular weight is 324 g/mol. The lowest BCUT2D eigenvalue weighted by Gasteiger charge is -2.36. The van der Waals surface area contributed by atoms with Gasteiger partial charge in [-0.2, -0.15) is 0 Å². The Labute approximate surface area is 134 Å². The normalized spacial score (nSPS) is 15.7. The van der Waals surface area contributed by atoms with Crippen LogP contribution in [-0.2, 0) is 4.79 Å². The maximum absolute atomic E-state index is 12.1. The molecule has 1 saturated carbocycles. The lowest BCUT2D eigenvalue weighted by molar-refractivity contribution is -0.123. The van der Waals surface area contributed by atoms with Crippen LogP contribution >= 0.6 is 23.7 Å². The molecule has 1 amide bonds. The fourth-order valence-electron chi connectivity index (χ4n) is 2.29. The standard InChI is InChI=1S/C15H17N3OS.ClH/c1-10-17-13(9-20-10)11-4-2-5-12(8-11)18-14(19)15(16)6-3-7-15;/h2,4-5,8-9H,3,6-7,16H2,1H3,(H,18,19);1H. The number of anilines is 1. The van der Waals surface area contributed by atoms with Crippen LogP contribution in [0.2, 0.25) is 0 Å². The number of nitrogens with two attached hydrogens (primary N) is 1. The number of halogens is 1. The highest BCUT2D eigenvalue weighted by molar-refractivity contribution is 7.09. The Morgan fingerprint density at radius 2 is 2.19 bits per heavy atom. The summed E-state index contributed by atoms with van der Waals surface area (Å²) in [5, 5.41) is 5.97. The van der Waals surface area contributed by atoms with Gasteiger partial charge in [0.15, 0.2) is 0 Å². The van der Waals surface area contributed by atoms with E-state index in [0.717, 1.165) is 41.2 Å². The van der Waals surface area contributed by atoms with Crippen LogP contribution in [-0.4, -0.2) is 16.4 Å². The van der Waals surface area contributed by atoms with Crippen LogP contribution in [0.1, 0.15) is 24.3 Å². The van der Waals surface area contributed by atoms with Gasteiger partial charge in [-0.25, -0.2) is 4.98 Å². The first kappa shape index (κ1) is 15.9. The fourth-order valence-corrected chi connectivity index (χ4v) is 2.91. The van der Waals surface area contributed by atoms with Crippen LogP contribution in [0.25, 0.3) is 11.3 Å². The van der Waals surface area contributed by atoms with Crippen LogP contribution in [0.4, 0.5) is 5.69 Å². The van der Waals surface area contributed by atoms with Crippen molar-refractivity contribution in [2.24, 2.45) is 5.73 Å². The van der Waals surface area contributed by atoms with Gasteiger partial charge < -0.3 is 11.1 Å². The molecule has 1 aliphatic rings. The van der Waals surface area contributed by atoms with Gasteiger partial charge in [0, 0.05) is 16.6 Å². The first-order chi connectivity index (χ1) is 9.57. The minimum absolute atomic E-state index is 0. The highest BCUT2D eigenvalue weighted by atomic mass is 35.5. The Bertz CT molecular complexity index is 652. The molecule has 1 aromatic carbocycles. The summed E-state index contributed by atoms with van der Waals surface area (Å²) in [4.78, 5) is 16.6. The van der Waals surface area contributed by atoms with Crippen molar-refractivity contribution in [3.05, 3.63) is 34.7 Å². The van der Waals surface area contributed by atoms with E-state index in [1.165, 1.54) is 0 Å². The van der Waals surface area contributed by atoms with Crippen LogP contribution in [0.5, 0.6) is 0 Å². The summed E-state index contributed by atoms with van der Waals surface area (Å²) in [5.74, 6) is -0.0876. The third kappa shape index (κ3) is 3.26. The smallest absolute Gasteiger partial charge is 0.244 e. The highest BCUT2D eigenvalue weighted by Crippen LogP contribution is 2.31. The van der Waals surface area contributed by atoms with Gasteiger partial charge in [0.2, 0.25) is 5.91 Å². The lowest BCUT2D eigenvalue weighted by Crippen LogP contribution is -2.56. The number of benzene rings is 1. The van der Waals surface area contributed by atoms with Gasteiger partial charge in [0.05, 0.1) is 16.2 Å². The molecule has 0 saturated heterocycles. The van der Waals surface area contributed by atoms with Crippen LogP contribution in [0, 0.1) is 6.92 Å². The largest absolute Gasteiger partial charge is 0.324 e. The van der Waals surface area contributed by atoms with E-state index in [1.54, 1.807) is 11.3 Å². The number of hydrogen-bond donors (Lipinski definition) is 2. The van der Waals surface area contributed by atoms with E-state index in [4.69, 9.17) is 5.73 Å². The predicted molar refractivity (Wildman–Crippen MR) is 88.9 cm³/mol. The maximum Gasteiger partial charge on any atom is 0.244 e. The van der Waals surface area contributed by atoms with Crippen molar-refractivity contribution in [2.45, 2.75) is 31.7 Å². The van der Waals surface area contributed by atoms with Crippen molar-refractivity contribution in [1.82, 2.24) is 4.98 Å². The zero-order chi connectivity index (χ0) is 14.2. The molecule has 0 bridgehead atoms. The topological polar surface area (TPSA) is 68.0 Å². The van der Waals surface area contributed by atoms with E-state index in [9.17, 15) is 4.79 Å². The Morgan fingerprint density at radius 3 is 2.76 bits per heavy atom. The minimum atomic E-state index is -0.673. The second kappa shape index (κ2) is 6.13. The van der Waals surface area contributed by atoms with Gasteiger partial charge in [0.1, 0.15) is 0 Å². The number of aryl methyl sites for hydroxylation is 1.